The number of carbonyl (C=O) groups excluding carboxylic acids is 3. The van der Waals surface area contributed by atoms with Gasteiger partial charge in [0.2, 0.25) is 5.91 Å². The molecule has 0 aliphatic rings. The largest absolute Gasteiger partial charge is 0.445 e. The van der Waals surface area contributed by atoms with Crippen LogP contribution in [-0.2, 0) is 27.3 Å². The van der Waals surface area contributed by atoms with Crippen LogP contribution in [0.3, 0.4) is 0 Å². The first-order chi connectivity index (χ1) is 18.5. The van der Waals surface area contributed by atoms with Crippen LogP contribution >= 0.6 is 0 Å². The van der Waals surface area contributed by atoms with Gasteiger partial charge in [-0.15, -0.1) is 0 Å². The summed E-state index contributed by atoms with van der Waals surface area (Å²) < 4.78 is 10.8. The van der Waals surface area contributed by atoms with E-state index in [-0.39, 0.29) is 18.6 Å². The Morgan fingerprint density at radius 2 is 1.51 bits per heavy atom. The molecule has 0 aliphatic carbocycles. The standard InChI is InChI=1S/C31H45N3O5/c1-24-14-15-26(22-25(24)2)16-17-28(35)32-19-11-21-34(30(37)38-23-27-12-7-6-8-13-27)20-10-9-18-33-29(36)39-31(3,4)5/h6-8,12-15,22H,9-11,16-21,23H2,1-5H3,(H,32,35)(H,33,36). The maximum Gasteiger partial charge on any atom is 0.410 e. The van der Waals surface area contributed by atoms with E-state index in [1.165, 1.54) is 11.1 Å². The minimum atomic E-state index is -0.543. The van der Waals surface area contributed by atoms with E-state index in [1.807, 2.05) is 51.1 Å². The molecule has 0 bridgehead atoms. The summed E-state index contributed by atoms with van der Waals surface area (Å²) >= 11 is 0. The van der Waals surface area contributed by atoms with Crippen LogP contribution in [0.2, 0.25) is 0 Å². The molecular formula is C31H45N3O5. The molecule has 8 nitrogen and oxygen atoms in total. The van der Waals surface area contributed by atoms with Crippen molar-refractivity contribution >= 4 is 18.1 Å². The van der Waals surface area contributed by atoms with Gasteiger partial charge in [0.05, 0.1) is 0 Å². The molecule has 0 aromatic heterocycles. The van der Waals surface area contributed by atoms with Crippen molar-refractivity contribution in [2.75, 3.05) is 26.2 Å². The highest BCUT2D eigenvalue weighted by molar-refractivity contribution is 5.76. The maximum absolute atomic E-state index is 12.8. The van der Waals surface area contributed by atoms with E-state index in [0.717, 1.165) is 11.1 Å². The lowest BCUT2D eigenvalue weighted by Gasteiger charge is -2.23. The average Bonchev–Trinajstić information content (AvgIpc) is 2.88. The van der Waals surface area contributed by atoms with Crippen molar-refractivity contribution in [3.63, 3.8) is 0 Å². The first-order valence-electron chi connectivity index (χ1n) is 13.8. The number of rotatable bonds is 14. The lowest BCUT2D eigenvalue weighted by atomic mass is 10.0. The normalized spacial score (nSPS) is 11.0. The first-order valence-corrected chi connectivity index (χ1v) is 13.8. The van der Waals surface area contributed by atoms with Gasteiger partial charge >= 0.3 is 12.2 Å². The molecule has 39 heavy (non-hydrogen) atoms. The lowest BCUT2D eigenvalue weighted by Crippen LogP contribution is -2.36. The van der Waals surface area contributed by atoms with Crippen LogP contribution in [0, 0.1) is 13.8 Å². The Kier molecular flexibility index (Phi) is 13.3. The molecule has 0 saturated heterocycles. The smallest absolute Gasteiger partial charge is 0.410 e. The number of hydrogen-bond acceptors (Lipinski definition) is 5. The number of benzene rings is 2. The van der Waals surface area contributed by atoms with Crippen molar-refractivity contribution in [2.24, 2.45) is 0 Å². The van der Waals surface area contributed by atoms with Gasteiger partial charge in [-0.05, 0) is 82.6 Å². The summed E-state index contributed by atoms with van der Waals surface area (Å²) in [5, 5.41) is 5.70. The lowest BCUT2D eigenvalue weighted by molar-refractivity contribution is -0.121. The molecule has 0 fully saturated rings. The molecule has 214 valence electrons. The van der Waals surface area contributed by atoms with Gasteiger partial charge in [0.15, 0.2) is 0 Å². The van der Waals surface area contributed by atoms with Crippen LogP contribution < -0.4 is 10.6 Å². The van der Waals surface area contributed by atoms with Crippen LogP contribution in [0.1, 0.15) is 68.7 Å². The van der Waals surface area contributed by atoms with Gasteiger partial charge in [0, 0.05) is 32.6 Å². The zero-order chi connectivity index (χ0) is 28.7. The summed E-state index contributed by atoms with van der Waals surface area (Å²) in [6.07, 6.45) is 2.29. The number of amides is 3. The Morgan fingerprint density at radius 1 is 0.821 bits per heavy atom. The zero-order valence-corrected chi connectivity index (χ0v) is 24.2. The number of hydrogen-bond donors (Lipinski definition) is 2. The molecule has 0 heterocycles. The van der Waals surface area contributed by atoms with Crippen molar-refractivity contribution < 1.29 is 23.9 Å². The van der Waals surface area contributed by atoms with Gasteiger partial charge in [-0.1, -0.05) is 48.5 Å². The highest BCUT2D eigenvalue weighted by Gasteiger charge is 2.17. The highest BCUT2D eigenvalue weighted by Crippen LogP contribution is 2.12. The summed E-state index contributed by atoms with van der Waals surface area (Å²) in [5.41, 5.74) is 4.01. The number of carbonyl (C=O) groups is 3. The SMILES string of the molecule is Cc1ccc(CCC(=O)NCCCN(CCCCNC(=O)OC(C)(C)C)C(=O)OCc2ccccc2)cc1C. The molecule has 2 N–H and O–H groups in total. The van der Waals surface area contributed by atoms with E-state index >= 15 is 0 Å². The molecule has 2 rings (SSSR count). The molecule has 0 saturated carbocycles. The van der Waals surface area contributed by atoms with Gasteiger partial charge in [-0.3, -0.25) is 4.79 Å². The Bertz CT molecular complexity index is 1050. The van der Waals surface area contributed by atoms with Gasteiger partial charge in [-0.25, -0.2) is 9.59 Å². The second-order valence-electron chi connectivity index (χ2n) is 10.8. The average molecular weight is 540 g/mol. The first kappa shape index (κ1) is 31.7. The number of alkyl carbamates (subject to hydrolysis) is 1. The molecule has 0 radical (unpaired) electrons. The second kappa shape index (κ2) is 16.4. The fourth-order valence-corrected chi connectivity index (χ4v) is 3.84. The Balaban J connectivity index is 1.75. The van der Waals surface area contributed by atoms with Crippen molar-refractivity contribution in [1.29, 1.82) is 0 Å². The summed E-state index contributed by atoms with van der Waals surface area (Å²) in [7, 11) is 0. The van der Waals surface area contributed by atoms with Gasteiger partial charge in [0.25, 0.3) is 0 Å². The number of aryl methyl sites for hydroxylation is 3. The third-order valence-electron chi connectivity index (χ3n) is 6.13. The summed E-state index contributed by atoms with van der Waals surface area (Å²) in [6.45, 7) is 11.7. The molecule has 0 unspecified atom stereocenters. The molecule has 3 amide bonds. The van der Waals surface area contributed by atoms with E-state index in [0.29, 0.717) is 58.3 Å². The van der Waals surface area contributed by atoms with E-state index in [1.54, 1.807) is 4.90 Å². The van der Waals surface area contributed by atoms with E-state index in [2.05, 4.69) is 42.7 Å². The molecule has 0 atom stereocenters. The molecule has 8 heteroatoms. The van der Waals surface area contributed by atoms with Crippen molar-refractivity contribution in [1.82, 2.24) is 15.5 Å². The van der Waals surface area contributed by atoms with Crippen molar-refractivity contribution in [3.05, 3.63) is 70.8 Å². The fraction of sp³-hybridized carbons (Fsp3) is 0.516. The molecule has 2 aromatic carbocycles. The third-order valence-corrected chi connectivity index (χ3v) is 6.13. The maximum atomic E-state index is 12.8. The van der Waals surface area contributed by atoms with Crippen LogP contribution in [0.25, 0.3) is 0 Å². The molecular weight excluding hydrogens is 494 g/mol. The summed E-state index contributed by atoms with van der Waals surface area (Å²) in [4.78, 5) is 38.6. The van der Waals surface area contributed by atoms with Crippen LogP contribution in [0.5, 0.6) is 0 Å². The predicted molar refractivity (Wildman–Crippen MR) is 154 cm³/mol. The fourth-order valence-electron chi connectivity index (χ4n) is 3.84. The third kappa shape index (κ3) is 13.7. The van der Waals surface area contributed by atoms with Crippen LogP contribution in [-0.4, -0.2) is 54.8 Å². The molecule has 0 aliphatic heterocycles. The van der Waals surface area contributed by atoms with Gasteiger partial charge in [0.1, 0.15) is 12.2 Å². The minimum Gasteiger partial charge on any atom is -0.445 e. The number of nitrogens with one attached hydrogen (secondary N) is 2. The zero-order valence-electron chi connectivity index (χ0n) is 24.2. The Hall–Kier alpha value is -3.55. The van der Waals surface area contributed by atoms with E-state index in [4.69, 9.17) is 9.47 Å². The quantitative estimate of drug-likeness (QED) is 0.301. The number of unbranched alkanes of at least 4 members (excludes halogenated alkanes) is 1. The van der Waals surface area contributed by atoms with Crippen LogP contribution in [0.15, 0.2) is 48.5 Å². The van der Waals surface area contributed by atoms with Crippen molar-refractivity contribution in [2.45, 2.75) is 78.9 Å². The second-order valence-corrected chi connectivity index (χ2v) is 10.8. The van der Waals surface area contributed by atoms with Gasteiger partial charge < -0.3 is 25.0 Å². The van der Waals surface area contributed by atoms with Crippen LogP contribution in [0.4, 0.5) is 9.59 Å². The number of nitrogens with zero attached hydrogens (tertiary/aromatic N) is 1. The molecule has 2 aromatic rings. The minimum absolute atomic E-state index is 0.000325. The van der Waals surface area contributed by atoms with Crippen molar-refractivity contribution in [3.8, 4) is 0 Å². The van der Waals surface area contributed by atoms with Gasteiger partial charge in [-0.2, -0.15) is 0 Å². The van der Waals surface area contributed by atoms with E-state index in [9.17, 15) is 14.4 Å². The summed E-state index contributed by atoms with van der Waals surface area (Å²) in [5.74, 6) is -0.000325. The summed E-state index contributed by atoms with van der Waals surface area (Å²) in [6, 6.07) is 15.8. The monoisotopic (exact) mass is 539 g/mol. The molecule has 0 spiro atoms. The predicted octanol–water partition coefficient (Wildman–Crippen LogP) is 5.69. The topological polar surface area (TPSA) is 97.0 Å². The number of ether oxygens (including phenoxy) is 2. The highest BCUT2D eigenvalue weighted by atomic mass is 16.6. The Labute approximate surface area is 233 Å². The Morgan fingerprint density at radius 3 is 2.21 bits per heavy atom. The van der Waals surface area contributed by atoms with E-state index < -0.39 is 11.7 Å².